The maximum atomic E-state index is 12.7. The molecule has 0 aliphatic carbocycles. The molecule has 2 aromatic carbocycles. The van der Waals surface area contributed by atoms with Gasteiger partial charge in [0.15, 0.2) is 5.65 Å². The van der Waals surface area contributed by atoms with Crippen LogP contribution in [0.15, 0.2) is 66.7 Å². The maximum Gasteiger partial charge on any atom is 0.251 e. The minimum atomic E-state index is -0.0467. The Morgan fingerprint density at radius 2 is 1.85 bits per heavy atom. The predicted octanol–water partition coefficient (Wildman–Crippen LogP) is 4.91. The number of hydrogen-bond donors (Lipinski definition) is 3. The van der Waals surface area contributed by atoms with Gasteiger partial charge < -0.3 is 16.0 Å². The summed E-state index contributed by atoms with van der Waals surface area (Å²) in [7, 11) is 0. The van der Waals surface area contributed by atoms with E-state index >= 15 is 0 Å². The molecule has 1 aliphatic heterocycles. The smallest absolute Gasteiger partial charge is 0.251 e. The van der Waals surface area contributed by atoms with Gasteiger partial charge in [-0.05, 0) is 87.3 Å². The molecule has 0 spiro atoms. The number of fused-ring (bicyclic) bond motifs is 1. The molecule has 0 bridgehead atoms. The molecule has 1 fully saturated rings. The van der Waals surface area contributed by atoms with Crippen LogP contribution in [0.1, 0.15) is 30.1 Å². The Morgan fingerprint density at radius 3 is 2.62 bits per heavy atom. The van der Waals surface area contributed by atoms with Crippen molar-refractivity contribution >= 4 is 34.8 Å². The summed E-state index contributed by atoms with van der Waals surface area (Å²) in [5.41, 5.74) is 4.03. The highest BCUT2D eigenvalue weighted by molar-refractivity contribution is 6.30. The van der Waals surface area contributed by atoms with E-state index in [1.54, 1.807) is 4.52 Å². The van der Waals surface area contributed by atoms with E-state index in [0.29, 0.717) is 22.5 Å². The summed E-state index contributed by atoms with van der Waals surface area (Å²) in [5, 5.41) is 15.1. The van der Waals surface area contributed by atoms with Crippen molar-refractivity contribution in [2.75, 3.05) is 18.4 Å². The maximum absolute atomic E-state index is 12.7. The number of halogens is 1. The van der Waals surface area contributed by atoms with Gasteiger partial charge in [-0.1, -0.05) is 29.8 Å². The number of pyridine rings is 1. The molecular weight excluding hydrogens is 448 g/mol. The molecular formula is C26H27ClN6O. The van der Waals surface area contributed by atoms with Crippen LogP contribution < -0.4 is 16.0 Å². The first-order chi connectivity index (χ1) is 16.6. The Balaban J connectivity index is 1.29. The Bertz CT molecular complexity index is 1300. The number of carbonyl (C=O) groups is 1. The summed E-state index contributed by atoms with van der Waals surface area (Å²) >= 11 is 6.17. The van der Waals surface area contributed by atoms with Crippen LogP contribution in [-0.2, 0) is 0 Å². The van der Waals surface area contributed by atoms with E-state index < -0.39 is 0 Å². The number of anilines is 2. The van der Waals surface area contributed by atoms with Gasteiger partial charge in [0, 0.05) is 27.9 Å². The van der Waals surface area contributed by atoms with Gasteiger partial charge in [-0.2, -0.15) is 4.98 Å². The standard InChI is InChI=1S/C26H27ClN6O/c1-17(18-12-14-28-15-13-18)29-25(34)19-8-10-22(11-9-19)30-26-31-24-7-3-6-23(33(24)32-26)20-4-2-5-21(27)16-20/h2-11,16-18,28H,12-15H2,1H3,(H,29,34)(H,30,32). The lowest BCUT2D eigenvalue weighted by atomic mass is 9.91. The topological polar surface area (TPSA) is 83.4 Å². The first kappa shape index (κ1) is 22.4. The molecule has 7 nitrogen and oxygen atoms in total. The van der Waals surface area contributed by atoms with Crippen LogP contribution in [0.3, 0.4) is 0 Å². The van der Waals surface area contributed by atoms with Gasteiger partial charge >= 0.3 is 0 Å². The van der Waals surface area contributed by atoms with Crippen molar-refractivity contribution < 1.29 is 4.79 Å². The molecule has 8 heteroatoms. The molecule has 2 aromatic heterocycles. The number of carbonyl (C=O) groups excluding carboxylic acids is 1. The van der Waals surface area contributed by atoms with Crippen LogP contribution >= 0.6 is 11.6 Å². The van der Waals surface area contributed by atoms with Gasteiger partial charge in [-0.3, -0.25) is 4.79 Å². The molecule has 1 unspecified atom stereocenters. The fourth-order valence-electron chi connectivity index (χ4n) is 4.41. The Labute approximate surface area is 203 Å². The number of aromatic nitrogens is 3. The second-order valence-electron chi connectivity index (χ2n) is 8.68. The largest absolute Gasteiger partial charge is 0.349 e. The molecule has 1 atom stereocenters. The average molecular weight is 475 g/mol. The number of rotatable bonds is 6. The van der Waals surface area contributed by atoms with Crippen molar-refractivity contribution in [2.24, 2.45) is 5.92 Å². The van der Waals surface area contributed by atoms with Gasteiger partial charge in [0.1, 0.15) is 0 Å². The minimum absolute atomic E-state index is 0.0467. The van der Waals surface area contributed by atoms with E-state index in [0.717, 1.165) is 48.5 Å². The zero-order valence-electron chi connectivity index (χ0n) is 19.0. The third kappa shape index (κ3) is 4.90. The summed E-state index contributed by atoms with van der Waals surface area (Å²) in [6.07, 6.45) is 2.19. The third-order valence-corrected chi connectivity index (χ3v) is 6.57. The van der Waals surface area contributed by atoms with Crippen LogP contribution in [0.4, 0.5) is 11.6 Å². The number of amides is 1. The Hall–Kier alpha value is -3.42. The van der Waals surface area contributed by atoms with Crippen molar-refractivity contribution in [3.8, 4) is 11.3 Å². The fourth-order valence-corrected chi connectivity index (χ4v) is 4.60. The summed E-state index contributed by atoms with van der Waals surface area (Å²) in [4.78, 5) is 17.3. The lowest BCUT2D eigenvalue weighted by Crippen LogP contribution is -2.42. The quantitative estimate of drug-likeness (QED) is 0.370. The molecule has 3 N–H and O–H groups in total. The SMILES string of the molecule is CC(NC(=O)c1ccc(Nc2nc3cccc(-c4cccc(Cl)c4)n3n2)cc1)C1CCNCC1. The zero-order chi connectivity index (χ0) is 23.5. The third-order valence-electron chi connectivity index (χ3n) is 6.33. The van der Waals surface area contributed by atoms with Crippen molar-refractivity contribution in [3.63, 3.8) is 0 Å². The molecule has 1 amide bonds. The summed E-state index contributed by atoms with van der Waals surface area (Å²) in [6.45, 7) is 4.13. The van der Waals surface area contributed by atoms with Gasteiger partial charge in [0.2, 0.25) is 5.95 Å². The average Bonchev–Trinajstić information content (AvgIpc) is 3.27. The van der Waals surface area contributed by atoms with Gasteiger partial charge in [0.05, 0.1) is 5.69 Å². The van der Waals surface area contributed by atoms with Gasteiger partial charge in [-0.15, -0.1) is 5.10 Å². The first-order valence-electron chi connectivity index (χ1n) is 11.6. The predicted molar refractivity (Wildman–Crippen MR) is 136 cm³/mol. The van der Waals surface area contributed by atoms with Crippen molar-refractivity contribution in [1.29, 1.82) is 0 Å². The van der Waals surface area contributed by atoms with Gasteiger partial charge in [-0.25, -0.2) is 4.52 Å². The van der Waals surface area contributed by atoms with Crippen molar-refractivity contribution in [1.82, 2.24) is 25.2 Å². The molecule has 1 saturated heterocycles. The van der Waals surface area contributed by atoms with Crippen LogP contribution in [0.5, 0.6) is 0 Å². The molecule has 34 heavy (non-hydrogen) atoms. The number of benzene rings is 2. The molecule has 3 heterocycles. The van der Waals surface area contributed by atoms with Crippen molar-refractivity contribution in [2.45, 2.75) is 25.8 Å². The normalized spacial score (nSPS) is 15.2. The number of nitrogens with one attached hydrogen (secondary N) is 3. The fraction of sp³-hybridized carbons (Fsp3) is 0.269. The van der Waals surface area contributed by atoms with E-state index in [-0.39, 0.29) is 11.9 Å². The minimum Gasteiger partial charge on any atom is -0.349 e. The summed E-state index contributed by atoms with van der Waals surface area (Å²) in [6, 6.07) is 21.0. The Kier molecular flexibility index (Phi) is 6.47. The van der Waals surface area contributed by atoms with E-state index in [9.17, 15) is 4.79 Å². The van der Waals surface area contributed by atoms with Crippen molar-refractivity contribution in [3.05, 3.63) is 77.3 Å². The van der Waals surface area contributed by atoms with Crippen LogP contribution in [0.2, 0.25) is 5.02 Å². The van der Waals surface area contributed by atoms with Gasteiger partial charge in [0.25, 0.3) is 5.91 Å². The highest BCUT2D eigenvalue weighted by Gasteiger charge is 2.21. The highest BCUT2D eigenvalue weighted by atomic mass is 35.5. The molecule has 174 valence electrons. The highest BCUT2D eigenvalue weighted by Crippen LogP contribution is 2.24. The number of nitrogens with zero attached hydrogens (tertiary/aromatic N) is 3. The summed E-state index contributed by atoms with van der Waals surface area (Å²) in [5.74, 6) is 0.949. The molecule has 0 radical (unpaired) electrons. The number of hydrogen-bond acceptors (Lipinski definition) is 5. The molecule has 5 rings (SSSR count). The lowest BCUT2D eigenvalue weighted by molar-refractivity contribution is 0.0920. The molecule has 0 saturated carbocycles. The second-order valence-corrected chi connectivity index (χ2v) is 9.12. The van der Waals surface area contributed by atoms with E-state index in [4.69, 9.17) is 11.6 Å². The molecule has 1 aliphatic rings. The second kappa shape index (κ2) is 9.83. The molecule has 4 aromatic rings. The van der Waals surface area contributed by atoms with Crippen LogP contribution in [-0.4, -0.2) is 39.6 Å². The van der Waals surface area contributed by atoms with E-state index in [1.165, 1.54) is 0 Å². The van der Waals surface area contributed by atoms with Crippen LogP contribution in [0.25, 0.3) is 16.9 Å². The van der Waals surface area contributed by atoms with Crippen LogP contribution in [0, 0.1) is 5.92 Å². The van der Waals surface area contributed by atoms with E-state index in [2.05, 4.69) is 33.0 Å². The monoisotopic (exact) mass is 474 g/mol. The Morgan fingerprint density at radius 1 is 1.09 bits per heavy atom. The lowest BCUT2D eigenvalue weighted by Gasteiger charge is -2.28. The summed E-state index contributed by atoms with van der Waals surface area (Å²) < 4.78 is 1.79. The zero-order valence-corrected chi connectivity index (χ0v) is 19.7. The number of piperidine rings is 1. The van der Waals surface area contributed by atoms with E-state index in [1.807, 2.05) is 66.7 Å². The first-order valence-corrected chi connectivity index (χ1v) is 11.9.